The molecule has 0 aliphatic heterocycles. The molecule has 10 heteroatoms. The second-order valence-corrected chi connectivity index (χ2v) is 8.01. The van der Waals surface area contributed by atoms with Crippen LogP contribution in [0.3, 0.4) is 0 Å². The molecule has 0 unspecified atom stereocenters. The van der Waals surface area contributed by atoms with Gasteiger partial charge in [-0.1, -0.05) is 41.9 Å². The lowest BCUT2D eigenvalue weighted by Crippen LogP contribution is -2.32. The first-order valence-electron chi connectivity index (χ1n) is 9.61. The number of para-hydroxylation sites is 1. The molecule has 7 nitrogen and oxygen atoms in total. The highest BCUT2D eigenvalue weighted by Gasteiger charge is 2.18. The Labute approximate surface area is 200 Å². The van der Waals surface area contributed by atoms with Crippen LogP contribution in [0.15, 0.2) is 73.8 Å². The van der Waals surface area contributed by atoms with Gasteiger partial charge in [-0.15, -0.1) is 4.68 Å². The average Bonchev–Trinajstić information content (AvgIpc) is 2.81. The minimum Gasteiger partial charge on any atom is -0.493 e. The molecule has 0 bridgehead atoms. The molecule has 0 radical (unpaired) electrons. The third-order valence-corrected chi connectivity index (χ3v) is 6.24. The van der Waals surface area contributed by atoms with Crippen LogP contribution < -0.4 is 20.7 Å². The van der Waals surface area contributed by atoms with Crippen LogP contribution in [0.25, 0.3) is 10.9 Å². The number of fused-ring (bicyclic) bond motifs is 1. The van der Waals surface area contributed by atoms with Crippen LogP contribution in [0.5, 0.6) is 11.5 Å². The van der Waals surface area contributed by atoms with Gasteiger partial charge in [0.1, 0.15) is 17.4 Å². The van der Waals surface area contributed by atoms with Crippen molar-refractivity contribution in [3.8, 4) is 11.5 Å². The van der Waals surface area contributed by atoms with Crippen molar-refractivity contribution in [2.24, 2.45) is 5.10 Å². The molecule has 0 fully saturated rings. The fraction of sp³-hybridized carbons (Fsp3) is 0.0870. The lowest BCUT2D eigenvalue weighted by atomic mass is 10.2. The number of aromatic nitrogens is 2. The summed E-state index contributed by atoms with van der Waals surface area (Å²) in [7, 11) is 1.43. The molecule has 0 atom stereocenters. The molecule has 0 aliphatic carbocycles. The molecule has 0 saturated carbocycles. The summed E-state index contributed by atoms with van der Waals surface area (Å²) in [5.74, 6) is 0.0642. The fourth-order valence-electron chi connectivity index (χ4n) is 3.13. The van der Waals surface area contributed by atoms with Gasteiger partial charge in [-0.05, 0) is 40.2 Å². The molecular weight excluding hydrogens is 517 g/mol. The van der Waals surface area contributed by atoms with Gasteiger partial charge in [0.25, 0.3) is 5.56 Å². The smallest absolute Gasteiger partial charge is 0.349 e. The maximum Gasteiger partial charge on any atom is 0.349 e. The lowest BCUT2D eigenvalue weighted by Gasteiger charge is -2.15. The predicted molar refractivity (Wildman–Crippen MR) is 128 cm³/mol. The van der Waals surface area contributed by atoms with E-state index in [4.69, 9.17) is 21.1 Å². The minimum absolute atomic E-state index is 0.0650. The zero-order chi connectivity index (χ0) is 23.5. The number of hydrogen-bond acceptors (Lipinski definition) is 5. The molecule has 4 aromatic rings. The molecule has 33 heavy (non-hydrogen) atoms. The van der Waals surface area contributed by atoms with E-state index >= 15 is 0 Å². The average molecular weight is 533 g/mol. The summed E-state index contributed by atoms with van der Waals surface area (Å²) in [6, 6.07) is 14.4. The van der Waals surface area contributed by atoms with E-state index in [1.165, 1.54) is 19.4 Å². The molecular formula is C23H16BrClFN3O4. The monoisotopic (exact) mass is 531 g/mol. The van der Waals surface area contributed by atoms with Gasteiger partial charge in [-0.3, -0.25) is 4.79 Å². The number of nitrogens with one attached hydrogen (secondary N) is 1. The summed E-state index contributed by atoms with van der Waals surface area (Å²) in [5.41, 5.74) is -0.0540. The first-order valence-corrected chi connectivity index (χ1v) is 10.8. The van der Waals surface area contributed by atoms with Crippen LogP contribution in [-0.2, 0) is 6.61 Å². The van der Waals surface area contributed by atoms with Crippen LogP contribution in [0.4, 0.5) is 4.39 Å². The van der Waals surface area contributed by atoms with E-state index in [0.717, 1.165) is 4.68 Å². The standard InChI is InChI=1S/C23H16BrClFN3O4/c1-32-18-10-14(11-27-29-22(30)15-7-3-5-9-17(15)28-23(29)31)19(24)20(25)21(18)33-12-13-6-2-4-8-16(13)26/h2-11H,12H2,1H3,(H,28,31). The van der Waals surface area contributed by atoms with Gasteiger partial charge < -0.3 is 14.5 Å². The highest BCUT2D eigenvalue weighted by Crippen LogP contribution is 2.42. The van der Waals surface area contributed by atoms with Crippen LogP contribution in [0, 0.1) is 5.82 Å². The van der Waals surface area contributed by atoms with Gasteiger partial charge >= 0.3 is 5.69 Å². The third kappa shape index (κ3) is 4.55. The quantitative estimate of drug-likeness (QED) is 0.364. The lowest BCUT2D eigenvalue weighted by molar-refractivity contribution is 0.279. The summed E-state index contributed by atoms with van der Waals surface area (Å²) in [6.07, 6.45) is 1.30. The first kappa shape index (κ1) is 22.8. The summed E-state index contributed by atoms with van der Waals surface area (Å²) < 4.78 is 26.1. The summed E-state index contributed by atoms with van der Waals surface area (Å²) in [4.78, 5) is 27.6. The van der Waals surface area contributed by atoms with Crippen LogP contribution in [-0.4, -0.2) is 23.0 Å². The number of rotatable bonds is 6. The molecule has 1 aromatic heterocycles. The molecule has 1 N–H and O–H groups in total. The Bertz CT molecular complexity index is 1500. The number of benzene rings is 3. The highest BCUT2D eigenvalue weighted by molar-refractivity contribution is 9.10. The maximum absolute atomic E-state index is 13.9. The molecule has 168 valence electrons. The van der Waals surface area contributed by atoms with Gasteiger partial charge in [-0.2, -0.15) is 5.10 Å². The number of methoxy groups -OCH3 is 1. The minimum atomic E-state index is -0.686. The number of halogens is 3. The Morgan fingerprint density at radius 3 is 2.67 bits per heavy atom. The van der Waals surface area contributed by atoms with Crippen molar-refractivity contribution < 1.29 is 13.9 Å². The largest absolute Gasteiger partial charge is 0.493 e. The maximum atomic E-state index is 13.9. The molecule has 4 rings (SSSR count). The predicted octanol–water partition coefficient (Wildman–Crippen LogP) is 4.71. The Balaban J connectivity index is 1.70. The molecule has 0 saturated heterocycles. The summed E-state index contributed by atoms with van der Waals surface area (Å²) >= 11 is 9.85. The van der Waals surface area contributed by atoms with Gasteiger partial charge in [-0.25, -0.2) is 9.18 Å². The molecule has 0 spiro atoms. The van der Waals surface area contributed by atoms with Crippen molar-refractivity contribution in [1.82, 2.24) is 9.66 Å². The number of ether oxygens (including phenoxy) is 2. The Hall–Kier alpha value is -3.43. The Morgan fingerprint density at radius 1 is 1.18 bits per heavy atom. The van der Waals surface area contributed by atoms with E-state index in [2.05, 4.69) is 26.0 Å². The van der Waals surface area contributed by atoms with Crippen molar-refractivity contribution in [3.05, 3.63) is 102 Å². The SMILES string of the molecule is COc1cc(C=Nn2c(=O)[nH]c3ccccc3c2=O)c(Br)c(Cl)c1OCc1ccccc1F. The third-order valence-electron chi connectivity index (χ3n) is 4.80. The van der Waals surface area contributed by atoms with Gasteiger partial charge in [0.05, 0.1) is 24.2 Å². The topological polar surface area (TPSA) is 85.7 Å². The van der Waals surface area contributed by atoms with E-state index in [1.807, 2.05) is 0 Å². The van der Waals surface area contributed by atoms with Crippen molar-refractivity contribution in [2.75, 3.05) is 7.11 Å². The van der Waals surface area contributed by atoms with Crippen LogP contribution in [0.2, 0.25) is 5.02 Å². The summed E-state index contributed by atoms with van der Waals surface area (Å²) in [6.45, 7) is -0.0650. The summed E-state index contributed by atoms with van der Waals surface area (Å²) in [5, 5.41) is 4.52. The molecule has 0 aliphatic rings. The second kappa shape index (κ2) is 9.60. The van der Waals surface area contributed by atoms with Crippen molar-refractivity contribution in [3.63, 3.8) is 0 Å². The normalized spacial score (nSPS) is 11.3. The van der Waals surface area contributed by atoms with Gasteiger partial charge in [0.15, 0.2) is 11.5 Å². The zero-order valence-electron chi connectivity index (χ0n) is 17.1. The van der Waals surface area contributed by atoms with E-state index in [1.54, 1.807) is 48.5 Å². The Morgan fingerprint density at radius 2 is 1.91 bits per heavy atom. The molecule has 1 heterocycles. The van der Waals surface area contributed by atoms with Gasteiger partial charge in [0.2, 0.25) is 0 Å². The number of H-pyrrole nitrogens is 1. The van der Waals surface area contributed by atoms with Crippen LogP contribution >= 0.6 is 27.5 Å². The fourth-order valence-corrected chi connectivity index (χ4v) is 3.78. The first-order chi connectivity index (χ1) is 15.9. The van der Waals surface area contributed by atoms with E-state index < -0.39 is 17.1 Å². The van der Waals surface area contributed by atoms with Crippen molar-refractivity contribution in [2.45, 2.75) is 6.61 Å². The molecule has 0 amide bonds. The number of nitrogens with zero attached hydrogens (tertiary/aromatic N) is 2. The highest BCUT2D eigenvalue weighted by atomic mass is 79.9. The van der Waals surface area contributed by atoms with E-state index in [-0.39, 0.29) is 23.1 Å². The van der Waals surface area contributed by atoms with Gasteiger partial charge in [0, 0.05) is 15.6 Å². The second-order valence-electron chi connectivity index (χ2n) is 6.84. The number of aromatic amines is 1. The van der Waals surface area contributed by atoms with E-state index in [0.29, 0.717) is 26.5 Å². The number of hydrogen-bond donors (Lipinski definition) is 1. The molecule has 3 aromatic carbocycles. The van der Waals surface area contributed by atoms with Crippen LogP contribution in [0.1, 0.15) is 11.1 Å². The van der Waals surface area contributed by atoms with Crippen molar-refractivity contribution >= 4 is 44.6 Å². The Kier molecular flexibility index (Phi) is 6.62. The van der Waals surface area contributed by atoms with Crippen molar-refractivity contribution in [1.29, 1.82) is 0 Å². The zero-order valence-corrected chi connectivity index (χ0v) is 19.5. The van der Waals surface area contributed by atoms with E-state index in [9.17, 15) is 14.0 Å².